The Morgan fingerprint density at radius 3 is 2.49 bits per heavy atom. The molecule has 0 heterocycles. The molecule has 0 saturated heterocycles. The maximum Gasteiger partial charge on any atom is 0.509 e. The monoisotopic (exact) mass is 566 g/mol. The number of halogens is 1. The van der Waals surface area contributed by atoms with Gasteiger partial charge in [-0.3, -0.25) is 9.59 Å². The van der Waals surface area contributed by atoms with Crippen LogP contribution in [0.25, 0.3) is 0 Å². The summed E-state index contributed by atoms with van der Waals surface area (Å²) in [6.07, 6.45) is 3.53. The summed E-state index contributed by atoms with van der Waals surface area (Å²) >= 11 is 7.48. The van der Waals surface area contributed by atoms with E-state index in [9.17, 15) is 24.3 Å². The van der Waals surface area contributed by atoms with E-state index in [-0.39, 0.29) is 36.6 Å². The second-order valence-corrected chi connectivity index (χ2v) is 13.0. The normalized spacial score (nSPS) is 40.6. The maximum atomic E-state index is 14.0. The van der Waals surface area contributed by atoms with Gasteiger partial charge in [-0.25, -0.2) is 9.59 Å². The van der Waals surface area contributed by atoms with Crippen LogP contribution in [-0.2, 0) is 28.5 Å². The predicted octanol–water partition coefficient (Wildman–Crippen LogP) is 4.77. The van der Waals surface area contributed by atoms with E-state index in [1.54, 1.807) is 12.2 Å². The van der Waals surface area contributed by atoms with Gasteiger partial charge in [0.1, 0.15) is 0 Å². The molecule has 10 heteroatoms. The third-order valence-corrected chi connectivity index (χ3v) is 10.8. The van der Waals surface area contributed by atoms with Crippen molar-refractivity contribution in [3.63, 3.8) is 0 Å². The smallest absolute Gasteiger partial charge is 0.438 e. The van der Waals surface area contributed by atoms with Crippen molar-refractivity contribution in [1.29, 1.82) is 0 Å². The molecule has 9 nitrogen and oxygen atoms in total. The van der Waals surface area contributed by atoms with Gasteiger partial charge in [-0.1, -0.05) is 46.3 Å². The third-order valence-electron chi connectivity index (χ3n) is 9.86. The van der Waals surface area contributed by atoms with Crippen LogP contribution in [0.5, 0.6) is 0 Å². The minimum absolute atomic E-state index is 0.0488. The fraction of sp³-hybridized carbons (Fsp3) is 0.724. The van der Waals surface area contributed by atoms with E-state index in [2.05, 4.69) is 0 Å². The molecule has 0 aromatic heterocycles. The molecule has 8 atom stereocenters. The molecule has 1 unspecified atom stereocenters. The Labute approximate surface area is 234 Å². The summed E-state index contributed by atoms with van der Waals surface area (Å²) in [6.45, 7) is 8.82. The van der Waals surface area contributed by atoms with Crippen molar-refractivity contribution in [2.75, 3.05) is 20.3 Å². The molecule has 4 rings (SSSR count). The lowest BCUT2D eigenvalue weighted by Gasteiger charge is -2.64. The molecule has 1 N–H and O–H groups in total. The minimum Gasteiger partial charge on any atom is -0.438 e. The van der Waals surface area contributed by atoms with E-state index in [1.165, 1.54) is 6.08 Å². The number of ketones is 2. The van der Waals surface area contributed by atoms with E-state index in [4.69, 9.17) is 30.5 Å². The number of fused-ring (bicyclic) bond motifs is 5. The molecule has 0 amide bonds. The zero-order valence-electron chi connectivity index (χ0n) is 23.5. The molecule has 216 valence electrons. The largest absolute Gasteiger partial charge is 0.509 e. The van der Waals surface area contributed by atoms with Crippen molar-refractivity contribution in [3.8, 4) is 0 Å². The number of hydrogen-bond donors (Lipinski definition) is 1. The number of hydrogen-bond acceptors (Lipinski definition) is 9. The highest BCUT2D eigenvalue weighted by Gasteiger charge is 2.76. The zero-order valence-corrected chi connectivity index (χ0v) is 24.2. The first-order chi connectivity index (χ1) is 18.2. The van der Waals surface area contributed by atoms with Crippen LogP contribution in [0.1, 0.15) is 60.3 Å². The number of rotatable bonds is 6. The van der Waals surface area contributed by atoms with Gasteiger partial charge in [0, 0.05) is 16.7 Å². The lowest BCUT2D eigenvalue weighted by Crippen LogP contribution is -2.69. The van der Waals surface area contributed by atoms with Crippen LogP contribution in [0.15, 0.2) is 23.8 Å². The SMILES string of the molecule is COC(=O)O[C@]1(C(=O)COC(=O)OCC(C)C)[C@H](C)C[C@H]2[C@@H]3CCC4=CC(=O)C=C[C@]4(C)[C@@]3(Cl)C(O)C[C@@]21C. The Hall–Kier alpha value is -2.39. The molecule has 3 saturated carbocycles. The van der Waals surface area contributed by atoms with Gasteiger partial charge in [-0.2, -0.15) is 0 Å². The number of Topliss-reactive ketones (excluding diaryl/α,β-unsaturated/α-hetero) is 1. The summed E-state index contributed by atoms with van der Waals surface area (Å²) in [5.74, 6) is -1.60. The highest BCUT2D eigenvalue weighted by molar-refractivity contribution is 6.26. The average Bonchev–Trinajstić information content (AvgIpc) is 3.09. The third kappa shape index (κ3) is 4.31. The number of aliphatic hydroxyl groups is 1. The highest BCUT2D eigenvalue weighted by atomic mass is 35.5. The van der Waals surface area contributed by atoms with E-state index in [0.717, 1.165) is 12.7 Å². The van der Waals surface area contributed by atoms with Gasteiger partial charge in [0.25, 0.3) is 0 Å². The summed E-state index contributed by atoms with van der Waals surface area (Å²) in [5, 5.41) is 11.8. The average molecular weight is 567 g/mol. The number of carbonyl (C=O) groups excluding carboxylic acids is 4. The van der Waals surface area contributed by atoms with Crippen molar-refractivity contribution < 1.29 is 43.2 Å². The molecule has 4 aliphatic rings. The van der Waals surface area contributed by atoms with Gasteiger partial charge in [0.15, 0.2) is 18.0 Å². The summed E-state index contributed by atoms with van der Waals surface area (Å²) in [4.78, 5) is 49.7. The summed E-state index contributed by atoms with van der Waals surface area (Å²) in [7, 11) is 1.16. The fourth-order valence-corrected chi connectivity index (χ4v) is 8.60. The predicted molar refractivity (Wildman–Crippen MR) is 141 cm³/mol. The van der Waals surface area contributed by atoms with Gasteiger partial charge >= 0.3 is 12.3 Å². The Bertz CT molecular complexity index is 1110. The minimum atomic E-state index is -1.74. The molecule has 0 aromatic rings. The number of carbonyl (C=O) groups is 4. The first-order valence-corrected chi connectivity index (χ1v) is 14.0. The highest BCUT2D eigenvalue weighted by Crippen LogP contribution is 2.72. The Kier molecular flexibility index (Phi) is 7.75. The van der Waals surface area contributed by atoms with Gasteiger partial charge in [0.2, 0.25) is 5.78 Å². The van der Waals surface area contributed by atoms with Crippen LogP contribution < -0.4 is 0 Å². The fourth-order valence-electron chi connectivity index (χ4n) is 8.08. The van der Waals surface area contributed by atoms with E-state index >= 15 is 0 Å². The number of ether oxygens (including phenoxy) is 4. The molecule has 0 radical (unpaired) electrons. The Balaban J connectivity index is 1.72. The van der Waals surface area contributed by atoms with Crippen molar-refractivity contribution in [2.24, 2.45) is 34.5 Å². The van der Waals surface area contributed by atoms with Gasteiger partial charge in [0.05, 0.1) is 24.7 Å². The van der Waals surface area contributed by atoms with Crippen LogP contribution in [0, 0.1) is 34.5 Å². The van der Waals surface area contributed by atoms with Crippen LogP contribution in [0.2, 0.25) is 0 Å². The Morgan fingerprint density at radius 1 is 1.15 bits per heavy atom. The molecule has 0 aromatic carbocycles. The van der Waals surface area contributed by atoms with Crippen molar-refractivity contribution >= 4 is 35.5 Å². The molecule has 39 heavy (non-hydrogen) atoms. The van der Waals surface area contributed by atoms with Crippen molar-refractivity contribution in [2.45, 2.75) is 76.9 Å². The molecular weight excluding hydrogens is 528 g/mol. The van der Waals surface area contributed by atoms with Crippen LogP contribution in [-0.4, -0.2) is 65.9 Å². The summed E-state index contributed by atoms with van der Waals surface area (Å²) in [5.41, 5.74) is -2.66. The van der Waals surface area contributed by atoms with Gasteiger partial charge < -0.3 is 24.1 Å². The second-order valence-electron chi connectivity index (χ2n) is 12.4. The zero-order chi connectivity index (χ0) is 29.0. The van der Waals surface area contributed by atoms with E-state index in [0.29, 0.717) is 19.3 Å². The molecule has 3 fully saturated rings. The first kappa shape index (κ1) is 29.6. The van der Waals surface area contributed by atoms with Crippen molar-refractivity contribution in [1.82, 2.24) is 0 Å². The standard InChI is InChI=1S/C29H39ClO9/c1-16(2)14-37-25(35)38-15-23(33)29(39-24(34)36-6)17(3)11-21-20-8-7-18-12-19(31)9-10-26(18,4)28(20,30)22(32)13-27(21,29)5/h9-10,12,16-17,20-22,32H,7-8,11,13-15H2,1-6H3/t17-,20+,21+,22?,26+,27+,28+,29+/m1/s1. The topological polar surface area (TPSA) is 125 Å². The Morgan fingerprint density at radius 2 is 1.85 bits per heavy atom. The van der Waals surface area contributed by atoms with Gasteiger partial charge in [-0.15, -0.1) is 11.6 Å². The summed E-state index contributed by atoms with van der Waals surface area (Å²) in [6, 6.07) is 0. The molecule has 0 spiro atoms. The number of methoxy groups -OCH3 is 1. The second kappa shape index (κ2) is 10.2. The number of alkyl halides is 1. The van der Waals surface area contributed by atoms with Crippen LogP contribution >= 0.6 is 11.6 Å². The van der Waals surface area contributed by atoms with Crippen molar-refractivity contribution in [3.05, 3.63) is 23.8 Å². The summed E-state index contributed by atoms with van der Waals surface area (Å²) < 4.78 is 20.9. The maximum absolute atomic E-state index is 14.0. The molecule has 0 aliphatic heterocycles. The first-order valence-electron chi connectivity index (χ1n) is 13.6. The van der Waals surface area contributed by atoms with E-state index < -0.39 is 58.0 Å². The lowest BCUT2D eigenvalue weighted by atomic mass is 9.45. The number of aliphatic hydroxyl groups excluding tert-OH is 1. The lowest BCUT2D eigenvalue weighted by molar-refractivity contribution is -0.185. The van der Waals surface area contributed by atoms with E-state index in [1.807, 2.05) is 34.6 Å². The quantitative estimate of drug-likeness (QED) is 0.357. The molecule has 0 bridgehead atoms. The number of allylic oxidation sites excluding steroid dienone is 4. The van der Waals surface area contributed by atoms with Gasteiger partial charge in [-0.05, 0) is 55.6 Å². The molecular formula is C29H39ClO9. The van der Waals surface area contributed by atoms with Crippen LogP contribution in [0.4, 0.5) is 9.59 Å². The van der Waals surface area contributed by atoms with Crippen LogP contribution in [0.3, 0.4) is 0 Å². The molecule has 4 aliphatic carbocycles.